The molecule has 3 nitrogen and oxygen atoms in total. The summed E-state index contributed by atoms with van der Waals surface area (Å²) in [5.74, 6) is 6.28. The molecule has 0 aromatic heterocycles. The van der Waals surface area contributed by atoms with Crippen molar-refractivity contribution in [2.75, 3.05) is 13.2 Å². The highest BCUT2D eigenvalue weighted by atomic mass is 16.5. The zero-order valence-corrected chi connectivity index (χ0v) is 7.88. The predicted molar refractivity (Wildman–Crippen MR) is 49.6 cm³/mol. The Morgan fingerprint density at radius 3 is 2.83 bits per heavy atom. The van der Waals surface area contributed by atoms with Gasteiger partial charge in [0.2, 0.25) is 0 Å². The van der Waals surface area contributed by atoms with Crippen molar-refractivity contribution in [3.05, 3.63) is 0 Å². The molecule has 0 saturated heterocycles. The first kappa shape index (κ1) is 9.96. The molecule has 1 aliphatic carbocycles. The van der Waals surface area contributed by atoms with Crippen molar-refractivity contribution in [2.24, 2.45) is 11.8 Å². The Morgan fingerprint density at radius 2 is 2.33 bits per heavy atom. The Balaban J connectivity index is 1.95. The van der Waals surface area contributed by atoms with E-state index in [1.54, 1.807) is 0 Å². The first-order valence-corrected chi connectivity index (χ1v) is 4.92. The summed E-state index contributed by atoms with van der Waals surface area (Å²) in [6.07, 6.45) is 4.98. The van der Waals surface area contributed by atoms with Crippen LogP contribution in [0.25, 0.3) is 0 Å². The maximum Gasteiger partial charge on any atom is 0.0466 e. The number of hydrogen-bond donors (Lipinski definition) is 2. The topological polar surface area (TPSA) is 47.3 Å². The standard InChI is InChI=1S/C9H20N2O/c1-2-12-7-3-4-9(11-10)8-5-6-8/h8-9,11H,2-7,10H2,1H3. The largest absolute Gasteiger partial charge is 0.382 e. The van der Waals surface area contributed by atoms with Gasteiger partial charge in [-0.1, -0.05) is 0 Å². The van der Waals surface area contributed by atoms with Gasteiger partial charge in [0.05, 0.1) is 0 Å². The van der Waals surface area contributed by atoms with Gasteiger partial charge in [-0.25, -0.2) is 0 Å². The molecule has 3 N–H and O–H groups in total. The van der Waals surface area contributed by atoms with Gasteiger partial charge in [-0.15, -0.1) is 0 Å². The maximum absolute atomic E-state index is 5.44. The summed E-state index contributed by atoms with van der Waals surface area (Å²) in [6, 6.07) is 0.533. The minimum Gasteiger partial charge on any atom is -0.382 e. The fraction of sp³-hybridized carbons (Fsp3) is 1.00. The molecule has 0 bridgehead atoms. The predicted octanol–water partition coefficient (Wildman–Crippen LogP) is 1.04. The summed E-state index contributed by atoms with van der Waals surface area (Å²) in [4.78, 5) is 0. The zero-order valence-electron chi connectivity index (χ0n) is 7.88. The van der Waals surface area contributed by atoms with Crippen LogP contribution in [0.5, 0.6) is 0 Å². The molecule has 1 unspecified atom stereocenters. The Hall–Kier alpha value is -0.120. The number of hydrazine groups is 1. The molecule has 0 aromatic carbocycles. The van der Waals surface area contributed by atoms with Gasteiger partial charge >= 0.3 is 0 Å². The Morgan fingerprint density at radius 1 is 1.58 bits per heavy atom. The van der Waals surface area contributed by atoms with Crippen molar-refractivity contribution in [1.82, 2.24) is 5.43 Å². The zero-order chi connectivity index (χ0) is 8.81. The summed E-state index contributed by atoms with van der Waals surface area (Å²) in [7, 11) is 0. The van der Waals surface area contributed by atoms with Crippen molar-refractivity contribution < 1.29 is 4.74 Å². The molecule has 0 aromatic rings. The van der Waals surface area contributed by atoms with Crippen LogP contribution >= 0.6 is 0 Å². The fourth-order valence-electron chi connectivity index (χ4n) is 1.50. The van der Waals surface area contributed by atoms with Crippen molar-refractivity contribution in [2.45, 2.75) is 38.6 Å². The third-order valence-corrected chi connectivity index (χ3v) is 2.41. The highest BCUT2D eigenvalue weighted by molar-refractivity contribution is 4.84. The fourth-order valence-corrected chi connectivity index (χ4v) is 1.50. The van der Waals surface area contributed by atoms with Gasteiger partial charge in [0.15, 0.2) is 0 Å². The average molecular weight is 172 g/mol. The van der Waals surface area contributed by atoms with E-state index in [1.165, 1.54) is 12.8 Å². The van der Waals surface area contributed by atoms with Crippen LogP contribution in [0, 0.1) is 5.92 Å². The average Bonchev–Trinajstić information content (AvgIpc) is 2.88. The molecule has 0 spiro atoms. The van der Waals surface area contributed by atoms with Gasteiger partial charge < -0.3 is 4.74 Å². The summed E-state index contributed by atoms with van der Waals surface area (Å²) in [5, 5.41) is 0. The molecule has 0 heterocycles. The summed E-state index contributed by atoms with van der Waals surface area (Å²) >= 11 is 0. The van der Waals surface area contributed by atoms with Crippen molar-refractivity contribution in [1.29, 1.82) is 0 Å². The van der Waals surface area contributed by atoms with Crippen LogP contribution in [-0.4, -0.2) is 19.3 Å². The number of rotatable bonds is 7. The van der Waals surface area contributed by atoms with Crippen LogP contribution in [0.2, 0.25) is 0 Å². The van der Waals surface area contributed by atoms with Crippen LogP contribution in [0.3, 0.4) is 0 Å². The van der Waals surface area contributed by atoms with E-state index < -0.39 is 0 Å². The molecular weight excluding hydrogens is 152 g/mol. The lowest BCUT2D eigenvalue weighted by molar-refractivity contribution is 0.140. The van der Waals surface area contributed by atoms with Crippen LogP contribution in [0.1, 0.15) is 32.6 Å². The number of nitrogens with one attached hydrogen (secondary N) is 1. The molecule has 1 aliphatic rings. The molecular formula is C9H20N2O. The Labute approximate surface area is 74.6 Å². The van der Waals surface area contributed by atoms with E-state index in [-0.39, 0.29) is 0 Å². The third-order valence-electron chi connectivity index (χ3n) is 2.41. The van der Waals surface area contributed by atoms with Crippen molar-refractivity contribution >= 4 is 0 Å². The summed E-state index contributed by atoms with van der Waals surface area (Å²) in [6.45, 7) is 3.73. The van der Waals surface area contributed by atoms with Crippen molar-refractivity contribution in [3.8, 4) is 0 Å². The van der Waals surface area contributed by atoms with Gasteiger partial charge in [-0.2, -0.15) is 0 Å². The first-order chi connectivity index (χ1) is 5.88. The first-order valence-electron chi connectivity index (χ1n) is 4.92. The van der Waals surface area contributed by atoms with E-state index in [0.29, 0.717) is 6.04 Å². The molecule has 0 radical (unpaired) electrons. The lowest BCUT2D eigenvalue weighted by Crippen LogP contribution is -2.36. The second-order valence-electron chi connectivity index (χ2n) is 3.45. The number of ether oxygens (including phenoxy) is 1. The highest BCUT2D eigenvalue weighted by Gasteiger charge is 2.29. The quantitative estimate of drug-likeness (QED) is 0.343. The van der Waals surface area contributed by atoms with Crippen molar-refractivity contribution in [3.63, 3.8) is 0 Å². The smallest absolute Gasteiger partial charge is 0.0466 e. The van der Waals surface area contributed by atoms with Gasteiger partial charge in [0, 0.05) is 19.3 Å². The van der Waals surface area contributed by atoms with Gasteiger partial charge in [-0.05, 0) is 38.5 Å². The van der Waals surface area contributed by atoms with E-state index in [9.17, 15) is 0 Å². The monoisotopic (exact) mass is 172 g/mol. The molecule has 1 fully saturated rings. The minimum absolute atomic E-state index is 0.533. The van der Waals surface area contributed by atoms with E-state index in [1.807, 2.05) is 6.92 Å². The van der Waals surface area contributed by atoms with E-state index in [4.69, 9.17) is 10.6 Å². The van der Waals surface area contributed by atoms with Gasteiger partial charge in [0.1, 0.15) is 0 Å². The molecule has 1 atom stereocenters. The molecule has 12 heavy (non-hydrogen) atoms. The Kier molecular flexibility index (Phi) is 4.58. The summed E-state index contributed by atoms with van der Waals surface area (Å²) in [5.41, 5.74) is 2.89. The second-order valence-corrected chi connectivity index (χ2v) is 3.45. The normalized spacial score (nSPS) is 19.5. The van der Waals surface area contributed by atoms with Crippen LogP contribution in [0.15, 0.2) is 0 Å². The van der Waals surface area contributed by atoms with Crippen LogP contribution in [-0.2, 0) is 4.74 Å². The van der Waals surface area contributed by atoms with Gasteiger partial charge in [-0.3, -0.25) is 11.3 Å². The molecule has 1 rings (SSSR count). The van der Waals surface area contributed by atoms with Crippen LogP contribution < -0.4 is 11.3 Å². The molecule has 0 aliphatic heterocycles. The molecule has 1 saturated carbocycles. The Bertz CT molecular complexity index is 115. The molecule has 72 valence electrons. The highest BCUT2D eigenvalue weighted by Crippen LogP contribution is 2.33. The van der Waals surface area contributed by atoms with E-state index in [0.717, 1.165) is 32.0 Å². The lowest BCUT2D eigenvalue weighted by Gasteiger charge is -2.14. The van der Waals surface area contributed by atoms with Gasteiger partial charge in [0.25, 0.3) is 0 Å². The summed E-state index contributed by atoms with van der Waals surface area (Å²) < 4.78 is 5.26. The number of hydrogen-bond acceptors (Lipinski definition) is 3. The minimum atomic E-state index is 0.533. The second kappa shape index (κ2) is 5.51. The van der Waals surface area contributed by atoms with E-state index in [2.05, 4.69) is 5.43 Å². The number of nitrogens with two attached hydrogens (primary N) is 1. The molecule has 3 heteroatoms. The third kappa shape index (κ3) is 3.52. The SMILES string of the molecule is CCOCCCC(NN)C1CC1. The molecule has 0 amide bonds. The van der Waals surface area contributed by atoms with E-state index >= 15 is 0 Å². The lowest BCUT2D eigenvalue weighted by atomic mass is 10.1. The maximum atomic E-state index is 5.44. The van der Waals surface area contributed by atoms with Crippen LogP contribution in [0.4, 0.5) is 0 Å².